The van der Waals surface area contributed by atoms with Crippen molar-refractivity contribution in [2.24, 2.45) is 0 Å². The van der Waals surface area contributed by atoms with Crippen molar-refractivity contribution in [3.05, 3.63) is 66.2 Å². The molecule has 172 valence electrons. The van der Waals surface area contributed by atoms with Gasteiger partial charge in [0.05, 0.1) is 17.5 Å². The van der Waals surface area contributed by atoms with Gasteiger partial charge < -0.3 is 14.4 Å². The van der Waals surface area contributed by atoms with Crippen LogP contribution in [0.1, 0.15) is 10.4 Å². The molecule has 0 bridgehead atoms. The minimum Gasteiger partial charge on any atom is -0.454 e. The van der Waals surface area contributed by atoms with Crippen LogP contribution in [0, 0.1) is 0 Å². The summed E-state index contributed by atoms with van der Waals surface area (Å²) >= 11 is 0. The summed E-state index contributed by atoms with van der Waals surface area (Å²) in [4.78, 5) is 14.3. The molecule has 1 heterocycles. The van der Waals surface area contributed by atoms with Gasteiger partial charge in [-0.05, 0) is 47.5 Å². The summed E-state index contributed by atoms with van der Waals surface area (Å²) in [6.07, 6.45) is -3.84. The third kappa shape index (κ3) is 5.03. The first kappa shape index (κ1) is 22.5. The van der Waals surface area contributed by atoms with E-state index in [9.17, 15) is 26.4 Å². The molecule has 0 atom stereocenters. The van der Waals surface area contributed by atoms with Crippen LogP contribution in [0.5, 0.6) is 17.2 Å². The molecule has 0 unspecified atom stereocenters. The minimum atomic E-state index is -4.87. The Morgan fingerprint density at radius 3 is 2.36 bits per heavy atom. The maximum absolute atomic E-state index is 13.1. The van der Waals surface area contributed by atoms with Crippen LogP contribution in [0.15, 0.2) is 60.7 Å². The number of anilines is 2. The van der Waals surface area contributed by atoms with Crippen molar-refractivity contribution >= 4 is 27.3 Å². The fraction of sp³-hybridized carbons (Fsp3) is 0.136. The van der Waals surface area contributed by atoms with Gasteiger partial charge in [0.2, 0.25) is 10.0 Å². The van der Waals surface area contributed by atoms with E-state index in [0.717, 1.165) is 18.4 Å². The maximum Gasteiger partial charge on any atom is 0.573 e. The average Bonchev–Trinajstić information content (AvgIpc) is 2.81. The van der Waals surface area contributed by atoms with Crippen LogP contribution in [0.25, 0.3) is 11.1 Å². The lowest BCUT2D eigenvalue weighted by atomic mass is 10.0. The van der Waals surface area contributed by atoms with Crippen LogP contribution in [-0.4, -0.2) is 34.0 Å². The molecule has 0 fully saturated rings. The Hall–Kier alpha value is -3.73. The number of ether oxygens (including phenoxy) is 2. The SMILES string of the molecule is CN1C(=O)c2cc(-c3cccc(NS(C)(=O)=O)c3)ccc2Oc2ccc(OC(F)(F)F)cc21. The Morgan fingerprint density at radius 2 is 1.67 bits per heavy atom. The van der Waals surface area contributed by atoms with E-state index in [4.69, 9.17) is 4.74 Å². The van der Waals surface area contributed by atoms with Crippen molar-refractivity contribution < 1.29 is 35.9 Å². The van der Waals surface area contributed by atoms with E-state index < -0.39 is 28.0 Å². The van der Waals surface area contributed by atoms with Crippen molar-refractivity contribution in [2.75, 3.05) is 22.9 Å². The summed E-state index contributed by atoms with van der Waals surface area (Å²) in [6.45, 7) is 0. The fourth-order valence-electron chi connectivity index (χ4n) is 3.39. The molecule has 1 N–H and O–H groups in total. The first-order valence-corrected chi connectivity index (χ1v) is 11.4. The highest BCUT2D eigenvalue weighted by Crippen LogP contribution is 2.42. The normalized spacial score (nSPS) is 13.5. The molecular weight excluding hydrogens is 461 g/mol. The van der Waals surface area contributed by atoms with Crippen molar-refractivity contribution in [3.8, 4) is 28.4 Å². The molecule has 3 aromatic rings. The monoisotopic (exact) mass is 478 g/mol. The Morgan fingerprint density at radius 1 is 0.970 bits per heavy atom. The van der Waals surface area contributed by atoms with Crippen molar-refractivity contribution in [3.63, 3.8) is 0 Å². The second-order valence-corrected chi connectivity index (χ2v) is 9.06. The third-order valence-corrected chi connectivity index (χ3v) is 5.37. The van der Waals surface area contributed by atoms with Crippen LogP contribution < -0.4 is 19.1 Å². The van der Waals surface area contributed by atoms with Crippen LogP contribution in [0.3, 0.4) is 0 Å². The van der Waals surface area contributed by atoms with Crippen LogP contribution in [0.2, 0.25) is 0 Å². The van der Waals surface area contributed by atoms with Gasteiger partial charge in [-0.2, -0.15) is 0 Å². The number of carbonyl (C=O) groups excluding carboxylic acids is 1. The second-order valence-electron chi connectivity index (χ2n) is 7.31. The highest BCUT2D eigenvalue weighted by Gasteiger charge is 2.32. The lowest BCUT2D eigenvalue weighted by Crippen LogP contribution is -2.25. The summed E-state index contributed by atoms with van der Waals surface area (Å²) < 4.78 is 73.0. The highest BCUT2D eigenvalue weighted by molar-refractivity contribution is 7.92. The first-order valence-electron chi connectivity index (χ1n) is 9.48. The van der Waals surface area contributed by atoms with Crippen molar-refractivity contribution in [2.45, 2.75) is 6.36 Å². The van der Waals surface area contributed by atoms with E-state index in [1.54, 1.807) is 42.5 Å². The molecule has 0 aromatic heterocycles. The number of sulfonamides is 1. The molecule has 3 aromatic carbocycles. The fourth-order valence-corrected chi connectivity index (χ4v) is 3.95. The Balaban J connectivity index is 1.71. The van der Waals surface area contributed by atoms with Crippen molar-refractivity contribution in [1.82, 2.24) is 0 Å². The van der Waals surface area contributed by atoms with Gasteiger partial charge in [0.25, 0.3) is 5.91 Å². The average molecular weight is 478 g/mol. The second kappa shape index (κ2) is 8.00. The molecule has 7 nitrogen and oxygen atoms in total. The Kier molecular flexibility index (Phi) is 5.44. The summed E-state index contributed by atoms with van der Waals surface area (Å²) in [7, 11) is -2.05. The number of rotatable bonds is 4. The zero-order chi connectivity index (χ0) is 24.0. The molecule has 4 rings (SSSR count). The molecule has 1 aliphatic heterocycles. The van der Waals surface area contributed by atoms with E-state index in [-0.39, 0.29) is 22.7 Å². The quantitative estimate of drug-likeness (QED) is 0.570. The van der Waals surface area contributed by atoms with Gasteiger partial charge >= 0.3 is 6.36 Å². The van der Waals surface area contributed by atoms with Gasteiger partial charge in [0.1, 0.15) is 11.5 Å². The predicted octanol–water partition coefficient (Wildman–Crippen LogP) is 5.01. The molecule has 1 amide bonds. The molecule has 0 spiro atoms. The van der Waals surface area contributed by atoms with Crippen molar-refractivity contribution in [1.29, 1.82) is 0 Å². The number of hydrogen-bond donors (Lipinski definition) is 1. The zero-order valence-electron chi connectivity index (χ0n) is 17.3. The number of hydrogen-bond acceptors (Lipinski definition) is 5. The number of nitrogens with one attached hydrogen (secondary N) is 1. The van der Waals surface area contributed by atoms with Gasteiger partial charge in [0.15, 0.2) is 5.75 Å². The van der Waals surface area contributed by atoms with E-state index in [1.807, 2.05) is 0 Å². The number of benzene rings is 3. The number of nitrogens with zero attached hydrogens (tertiary/aromatic N) is 1. The van der Waals surface area contributed by atoms with Gasteiger partial charge in [-0.15, -0.1) is 13.2 Å². The van der Waals surface area contributed by atoms with Gasteiger partial charge in [-0.1, -0.05) is 18.2 Å². The molecule has 11 heteroatoms. The molecule has 33 heavy (non-hydrogen) atoms. The number of carbonyl (C=O) groups is 1. The number of fused-ring (bicyclic) bond motifs is 2. The van der Waals surface area contributed by atoms with E-state index in [2.05, 4.69) is 9.46 Å². The van der Waals surface area contributed by atoms with E-state index in [0.29, 0.717) is 16.8 Å². The summed E-state index contributed by atoms with van der Waals surface area (Å²) in [5.41, 5.74) is 1.91. The smallest absolute Gasteiger partial charge is 0.454 e. The first-order chi connectivity index (χ1) is 15.4. The van der Waals surface area contributed by atoms with Gasteiger partial charge in [0, 0.05) is 18.8 Å². The predicted molar refractivity (Wildman–Crippen MR) is 116 cm³/mol. The molecular formula is C22H17F3N2O5S. The van der Waals surface area contributed by atoms with Crippen LogP contribution in [0.4, 0.5) is 24.5 Å². The number of halogens is 3. The largest absolute Gasteiger partial charge is 0.573 e. The van der Waals surface area contributed by atoms with E-state index in [1.165, 1.54) is 18.0 Å². The highest BCUT2D eigenvalue weighted by atomic mass is 32.2. The standard InChI is InChI=1S/C22H17F3N2O5S/c1-27-18-12-16(32-22(23,24)25)7-9-20(18)31-19-8-6-14(11-17(19)21(27)28)13-4-3-5-15(10-13)26-33(2,29)30/h3-12,26H,1-2H3. The number of amides is 1. The molecule has 0 radical (unpaired) electrons. The van der Waals surface area contributed by atoms with Gasteiger partial charge in [-0.25, -0.2) is 8.42 Å². The molecule has 0 saturated heterocycles. The topological polar surface area (TPSA) is 84.9 Å². The lowest BCUT2D eigenvalue weighted by Gasteiger charge is -2.18. The molecule has 0 aliphatic carbocycles. The number of alkyl halides is 3. The van der Waals surface area contributed by atoms with Crippen LogP contribution >= 0.6 is 0 Å². The molecule has 1 aliphatic rings. The lowest BCUT2D eigenvalue weighted by molar-refractivity contribution is -0.274. The third-order valence-electron chi connectivity index (χ3n) is 4.76. The zero-order valence-corrected chi connectivity index (χ0v) is 18.1. The Labute approximate surface area is 187 Å². The molecule has 0 saturated carbocycles. The van der Waals surface area contributed by atoms with Crippen LogP contribution in [-0.2, 0) is 10.0 Å². The van der Waals surface area contributed by atoms with E-state index >= 15 is 0 Å². The summed E-state index contributed by atoms with van der Waals surface area (Å²) in [6, 6.07) is 14.9. The summed E-state index contributed by atoms with van der Waals surface area (Å²) in [5, 5.41) is 0. The summed E-state index contributed by atoms with van der Waals surface area (Å²) in [5.74, 6) is -0.568. The van der Waals surface area contributed by atoms with Gasteiger partial charge in [-0.3, -0.25) is 9.52 Å². The Bertz CT molecular complexity index is 1360. The maximum atomic E-state index is 13.1. The minimum absolute atomic E-state index is 0.110.